The molecule has 1 aromatic rings. The van der Waals surface area contributed by atoms with E-state index in [-0.39, 0.29) is 5.91 Å². The standard InChI is InChI=1S/C17H25N3OS/c1-11-10-22-16(19-11)20-15(21)2-3-18-17-7-12-4-13(8-17)6-14(5-12)9-17/h10,12-14,18H,2-9H2,1H3,(H,19,20,21). The number of anilines is 1. The van der Waals surface area contributed by atoms with Gasteiger partial charge in [-0.25, -0.2) is 4.98 Å². The monoisotopic (exact) mass is 319 g/mol. The molecule has 0 atom stereocenters. The van der Waals surface area contributed by atoms with Gasteiger partial charge in [-0.3, -0.25) is 4.79 Å². The van der Waals surface area contributed by atoms with Crippen LogP contribution in [-0.2, 0) is 4.79 Å². The lowest BCUT2D eigenvalue weighted by molar-refractivity contribution is -0.116. The molecular weight excluding hydrogens is 294 g/mol. The van der Waals surface area contributed by atoms with Crippen molar-refractivity contribution < 1.29 is 4.79 Å². The number of nitrogens with zero attached hydrogens (tertiary/aromatic N) is 1. The number of aromatic nitrogens is 1. The van der Waals surface area contributed by atoms with E-state index in [4.69, 9.17) is 0 Å². The zero-order valence-corrected chi connectivity index (χ0v) is 14.0. The van der Waals surface area contributed by atoms with Crippen molar-refractivity contribution in [3.63, 3.8) is 0 Å². The van der Waals surface area contributed by atoms with Gasteiger partial charge < -0.3 is 10.6 Å². The number of nitrogens with one attached hydrogen (secondary N) is 2. The number of thiazole rings is 1. The first-order valence-electron chi connectivity index (χ1n) is 8.57. The highest BCUT2D eigenvalue weighted by atomic mass is 32.1. The Morgan fingerprint density at radius 3 is 2.45 bits per heavy atom. The average molecular weight is 319 g/mol. The highest BCUT2D eigenvalue weighted by Gasteiger charge is 2.50. The van der Waals surface area contributed by atoms with E-state index < -0.39 is 0 Å². The molecule has 1 aromatic heterocycles. The minimum Gasteiger partial charge on any atom is -0.311 e. The first kappa shape index (κ1) is 14.6. The first-order valence-corrected chi connectivity index (χ1v) is 9.45. The maximum Gasteiger partial charge on any atom is 0.227 e. The molecule has 22 heavy (non-hydrogen) atoms. The summed E-state index contributed by atoms with van der Waals surface area (Å²) in [7, 11) is 0. The second kappa shape index (κ2) is 5.60. The molecule has 1 amide bonds. The van der Waals surface area contributed by atoms with Crippen LogP contribution < -0.4 is 10.6 Å². The summed E-state index contributed by atoms with van der Waals surface area (Å²) in [5.41, 5.74) is 1.32. The molecule has 0 aliphatic heterocycles. The molecule has 4 aliphatic rings. The number of hydrogen-bond donors (Lipinski definition) is 2. The van der Waals surface area contributed by atoms with Gasteiger partial charge >= 0.3 is 0 Å². The lowest BCUT2D eigenvalue weighted by Crippen LogP contribution is -2.58. The highest BCUT2D eigenvalue weighted by molar-refractivity contribution is 7.13. The lowest BCUT2D eigenvalue weighted by Gasteiger charge is -2.57. The Morgan fingerprint density at radius 2 is 1.91 bits per heavy atom. The van der Waals surface area contributed by atoms with Crippen molar-refractivity contribution in [3.8, 4) is 0 Å². The van der Waals surface area contributed by atoms with E-state index in [9.17, 15) is 4.79 Å². The number of carbonyl (C=O) groups is 1. The number of rotatable bonds is 5. The van der Waals surface area contributed by atoms with Crippen molar-refractivity contribution in [2.45, 2.75) is 57.4 Å². The van der Waals surface area contributed by atoms with E-state index >= 15 is 0 Å². The van der Waals surface area contributed by atoms with E-state index in [0.29, 0.717) is 12.0 Å². The van der Waals surface area contributed by atoms with Crippen LogP contribution in [0.4, 0.5) is 5.13 Å². The van der Waals surface area contributed by atoms with Crippen LogP contribution in [0.15, 0.2) is 5.38 Å². The third-order valence-electron chi connectivity index (χ3n) is 5.76. The summed E-state index contributed by atoms with van der Waals surface area (Å²) in [5, 5.41) is 9.35. The van der Waals surface area contributed by atoms with Crippen LogP contribution in [0.5, 0.6) is 0 Å². The maximum atomic E-state index is 12.0. The molecule has 5 rings (SSSR count). The molecule has 4 nitrogen and oxygen atoms in total. The van der Waals surface area contributed by atoms with Gasteiger partial charge in [0.25, 0.3) is 0 Å². The van der Waals surface area contributed by atoms with Crippen molar-refractivity contribution in [1.29, 1.82) is 0 Å². The second-order valence-electron chi connectivity index (χ2n) is 7.72. The van der Waals surface area contributed by atoms with Gasteiger partial charge in [0.15, 0.2) is 5.13 Å². The van der Waals surface area contributed by atoms with Crippen molar-refractivity contribution >= 4 is 22.4 Å². The van der Waals surface area contributed by atoms with Gasteiger partial charge in [0.2, 0.25) is 5.91 Å². The molecule has 4 fully saturated rings. The summed E-state index contributed by atoms with van der Waals surface area (Å²) in [6, 6.07) is 0. The van der Waals surface area contributed by atoms with Gasteiger partial charge in [-0.05, 0) is 63.2 Å². The number of carbonyl (C=O) groups excluding carboxylic acids is 1. The predicted octanol–water partition coefficient (Wildman–Crippen LogP) is 3.34. The van der Waals surface area contributed by atoms with Crippen LogP contribution in [0.25, 0.3) is 0 Å². The van der Waals surface area contributed by atoms with Gasteiger partial charge in [-0.15, -0.1) is 11.3 Å². The molecule has 1 heterocycles. The molecule has 4 bridgehead atoms. The van der Waals surface area contributed by atoms with E-state index in [1.807, 2.05) is 12.3 Å². The Labute approximate surface area is 136 Å². The second-order valence-corrected chi connectivity index (χ2v) is 8.57. The van der Waals surface area contributed by atoms with E-state index in [0.717, 1.165) is 35.1 Å². The third kappa shape index (κ3) is 2.93. The predicted molar refractivity (Wildman–Crippen MR) is 89.0 cm³/mol. The molecule has 120 valence electrons. The van der Waals surface area contributed by atoms with E-state index in [2.05, 4.69) is 15.6 Å². The van der Waals surface area contributed by atoms with E-state index in [1.165, 1.54) is 49.9 Å². The van der Waals surface area contributed by atoms with Crippen LogP contribution in [0.3, 0.4) is 0 Å². The Bertz CT molecular complexity index is 533. The largest absolute Gasteiger partial charge is 0.311 e. The van der Waals surface area contributed by atoms with Gasteiger partial charge in [0.1, 0.15) is 0 Å². The Morgan fingerprint density at radius 1 is 1.27 bits per heavy atom. The zero-order valence-electron chi connectivity index (χ0n) is 13.2. The van der Waals surface area contributed by atoms with Crippen molar-refractivity contribution in [3.05, 3.63) is 11.1 Å². The van der Waals surface area contributed by atoms with Gasteiger partial charge in [-0.1, -0.05) is 0 Å². The summed E-state index contributed by atoms with van der Waals surface area (Å²) in [6.45, 7) is 2.74. The molecule has 0 radical (unpaired) electrons. The maximum absolute atomic E-state index is 12.0. The van der Waals surface area contributed by atoms with Crippen molar-refractivity contribution in [2.75, 3.05) is 11.9 Å². The minimum atomic E-state index is 0.0755. The van der Waals surface area contributed by atoms with Gasteiger partial charge in [-0.2, -0.15) is 0 Å². The average Bonchev–Trinajstić information content (AvgIpc) is 2.82. The molecule has 0 spiro atoms. The first-order chi connectivity index (χ1) is 10.6. The quantitative estimate of drug-likeness (QED) is 0.875. The van der Waals surface area contributed by atoms with Crippen LogP contribution in [0.2, 0.25) is 0 Å². The van der Waals surface area contributed by atoms with Gasteiger partial charge in [0, 0.05) is 23.9 Å². The number of aryl methyl sites for hydroxylation is 1. The summed E-state index contributed by atoms with van der Waals surface area (Å²) < 4.78 is 0. The summed E-state index contributed by atoms with van der Waals surface area (Å²) in [6.07, 6.45) is 8.95. The van der Waals surface area contributed by atoms with Crippen LogP contribution in [0, 0.1) is 24.7 Å². The van der Waals surface area contributed by atoms with Crippen LogP contribution >= 0.6 is 11.3 Å². The number of amides is 1. The molecule has 5 heteroatoms. The molecule has 4 saturated carbocycles. The van der Waals surface area contributed by atoms with Crippen molar-refractivity contribution in [2.24, 2.45) is 17.8 Å². The number of hydrogen-bond acceptors (Lipinski definition) is 4. The fourth-order valence-electron chi connectivity index (χ4n) is 5.36. The fraction of sp³-hybridized carbons (Fsp3) is 0.765. The molecule has 4 aliphatic carbocycles. The topological polar surface area (TPSA) is 54.0 Å². The Balaban J connectivity index is 1.27. The Hall–Kier alpha value is -0.940. The summed E-state index contributed by atoms with van der Waals surface area (Å²) >= 11 is 1.50. The molecule has 0 saturated heterocycles. The van der Waals surface area contributed by atoms with Crippen molar-refractivity contribution in [1.82, 2.24) is 10.3 Å². The molecule has 2 N–H and O–H groups in total. The highest BCUT2D eigenvalue weighted by Crippen LogP contribution is 2.55. The lowest BCUT2D eigenvalue weighted by atomic mass is 9.53. The van der Waals surface area contributed by atoms with E-state index in [1.54, 1.807) is 0 Å². The molecule has 0 unspecified atom stereocenters. The van der Waals surface area contributed by atoms with Crippen LogP contribution in [-0.4, -0.2) is 23.0 Å². The van der Waals surface area contributed by atoms with Gasteiger partial charge in [0.05, 0.1) is 5.69 Å². The molecule has 0 aromatic carbocycles. The normalized spacial score (nSPS) is 35.8. The Kier molecular flexibility index (Phi) is 3.73. The smallest absolute Gasteiger partial charge is 0.227 e. The third-order valence-corrected chi connectivity index (χ3v) is 6.63. The summed E-state index contributed by atoms with van der Waals surface area (Å²) in [4.78, 5) is 16.3. The minimum absolute atomic E-state index is 0.0755. The fourth-order valence-corrected chi connectivity index (χ4v) is 6.07. The SMILES string of the molecule is Cc1csc(NC(=O)CCNC23CC4CC(CC(C4)C2)C3)n1. The molecular formula is C17H25N3OS. The van der Waals surface area contributed by atoms with Crippen LogP contribution in [0.1, 0.15) is 50.6 Å². The zero-order chi connectivity index (χ0) is 15.2. The summed E-state index contributed by atoms with van der Waals surface area (Å²) in [5.74, 6) is 2.93.